The van der Waals surface area contributed by atoms with Gasteiger partial charge in [0.15, 0.2) is 0 Å². The van der Waals surface area contributed by atoms with Gasteiger partial charge in [0.1, 0.15) is 0 Å². The van der Waals surface area contributed by atoms with Gasteiger partial charge in [-0.15, -0.1) is 0 Å². The summed E-state index contributed by atoms with van der Waals surface area (Å²) in [5.74, 6) is 0. The Labute approximate surface area is 239 Å². The molecule has 0 saturated carbocycles. The molecule has 0 atom stereocenters. The fourth-order valence-electron chi connectivity index (χ4n) is 6.48. The maximum atomic E-state index is 4.86. The van der Waals surface area contributed by atoms with E-state index in [-0.39, 0.29) is 0 Å². The van der Waals surface area contributed by atoms with Gasteiger partial charge < -0.3 is 0 Å². The van der Waals surface area contributed by atoms with E-state index in [4.69, 9.17) is 4.98 Å². The Balaban J connectivity index is 1.58. The van der Waals surface area contributed by atoms with Crippen molar-refractivity contribution in [1.29, 1.82) is 0 Å². The lowest BCUT2D eigenvalue weighted by Gasteiger charge is -2.21. The molecule has 0 N–H and O–H groups in total. The number of para-hydroxylation sites is 1. The van der Waals surface area contributed by atoms with Crippen molar-refractivity contribution in [2.75, 3.05) is 0 Å². The van der Waals surface area contributed by atoms with E-state index in [1.54, 1.807) is 0 Å². The first-order valence-electron chi connectivity index (χ1n) is 14.1. The van der Waals surface area contributed by atoms with Crippen molar-refractivity contribution in [3.63, 3.8) is 0 Å². The van der Waals surface area contributed by atoms with Gasteiger partial charge in [-0.05, 0) is 85.3 Å². The van der Waals surface area contributed by atoms with Crippen LogP contribution in [-0.4, -0.2) is 4.98 Å². The number of hydrogen-bond donors (Lipinski definition) is 0. The number of aromatic nitrogens is 1. The van der Waals surface area contributed by atoms with Gasteiger partial charge in [-0.25, -0.2) is 0 Å². The van der Waals surface area contributed by atoms with E-state index < -0.39 is 0 Å². The highest BCUT2D eigenvalue weighted by atomic mass is 14.6. The van der Waals surface area contributed by atoms with Crippen LogP contribution < -0.4 is 0 Å². The Kier molecular flexibility index (Phi) is 5.43. The minimum Gasteiger partial charge on any atom is -0.256 e. The molecule has 0 amide bonds. The van der Waals surface area contributed by atoms with Gasteiger partial charge in [0.05, 0.1) is 5.52 Å². The molecule has 0 unspecified atom stereocenters. The zero-order valence-electron chi connectivity index (χ0n) is 22.8. The van der Waals surface area contributed by atoms with Gasteiger partial charge in [-0.1, -0.05) is 127 Å². The summed E-state index contributed by atoms with van der Waals surface area (Å²) in [6, 6.07) is 50.7. The van der Waals surface area contributed by atoms with Crippen molar-refractivity contribution >= 4 is 43.2 Å². The number of pyridine rings is 1. The van der Waals surface area contributed by atoms with Crippen LogP contribution in [0.15, 0.2) is 146 Å². The molecule has 0 radical (unpaired) electrons. The summed E-state index contributed by atoms with van der Waals surface area (Å²) < 4.78 is 0. The summed E-state index contributed by atoms with van der Waals surface area (Å²) in [4.78, 5) is 4.86. The Morgan fingerprint density at radius 3 is 1.80 bits per heavy atom. The average Bonchev–Trinajstić information content (AvgIpc) is 3.03. The summed E-state index contributed by atoms with van der Waals surface area (Å²) in [6.07, 6.45) is 1.90. The molecule has 8 rings (SSSR count). The first-order chi connectivity index (χ1) is 20.3. The molecule has 7 aromatic carbocycles. The molecule has 0 aliphatic heterocycles. The van der Waals surface area contributed by atoms with Gasteiger partial charge in [0, 0.05) is 17.1 Å². The molecular weight excluding hydrogens is 494 g/mol. The molecule has 192 valence electrons. The molecule has 1 heterocycles. The van der Waals surface area contributed by atoms with E-state index in [9.17, 15) is 0 Å². The van der Waals surface area contributed by atoms with E-state index in [0.717, 1.165) is 10.9 Å². The Bertz CT molecular complexity index is 2260. The second kappa shape index (κ2) is 9.43. The normalized spacial score (nSPS) is 11.5. The number of hydrogen-bond acceptors (Lipinski definition) is 1. The zero-order valence-corrected chi connectivity index (χ0v) is 22.8. The van der Waals surface area contributed by atoms with Gasteiger partial charge in [-0.3, -0.25) is 4.98 Å². The van der Waals surface area contributed by atoms with E-state index in [1.807, 2.05) is 12.3 Å². The number of nitrogens with zero attached hydrogens (tertiary/aromatic N) is 1. The molecule has 0 saturated heterocycles. The first-order valence-corrected chi connectivity index (χ1v) is 14.1. The summed E-state index contributed by atoms with van der Waals surface area (Å²) >= 11 is 0. The third kappa shape index (κ3) is 3.82. The highest BCUT2D eigenvalue weighted by molar-refractivity contribution is 6.24. The molecule has 0 bridgehead atoms. The maximum absolute atomic E-state index is 4.86. The van der Waals surface area contributed by atoms with Crippen LogP contribution in [0.3, 0.4) is 0 Å². The number of fused-ring (bicyclic) bond motifs is 4. The van der Waals surface area contributed by atoms with Crippen molar-refractivity contribution in [3.05, 3.63) is 151 Å². The van der Waals surface area contributed by atoms with E-state index in [2.05, 4.69) is 140 Å². The average molecular weight is 522 g/mol. The highest BCUT2D eigenvalue weighted by Gasteiger charge is 2.21. The van der Waals surface area contributed by atoms with E-state index >= 15 is 0 Å². The number of aryl methyl sites for hydroxylation is 1. The Morgan fingerprint density at radius 1 is 0.415 bits per heavy atom. The topological polar surface area (TPSA) is 12.9 Å². The van der Waals surface area contributed by atoms with Gasteiger partial charge in [-0.2, -0.15) is 0 Å². The zero-order chi connectivity index (χ0) is 27.3. The minimum absolute atomic E-state index is 1.03. The first kappa shape index (κ1) is 23.6. The number of benzene rings is 7. The van der Waals surface area contributed by atoms with Crippen molar-refractivity contribution < 1.29 is 0 Å². The van der Waals surface area contributed by atoms with Crippen LogP contribution in [0, 0.1) is 6.92 Å². The predicted molar refractivity (Wildman–Crippen MR) is 175 cm³/mol. The predicted octanol–water partition coefficient (Wildman–Crippen LogP) is 11.0. The molecular formula is C40H27N. The molecule has 0 aliphatic rings. The fourth-order valence-corrected chi connectivity index (χ4v) is 6.48. The number of rotatable bonds is 3. The molecule has 1 nitrogen and oxygen atoms in total. The molecule has 41 heavy (non-hydrogen) atoms. The van der Waals surface area contributed by atoms with E-state index in [0.29, 0.717) is 0 Å². The lowest BCUT2D eigenvalue weighted by Crippen LogP contribution is -1.94. The lowest BCUT2D eigenvalue weighted by molar-refractivity contribution is 1.41. The van der Waals surface area contributed by atoms with Crippen molar-refractivity contribution in [3.8, 4) is 33.4 Å². The summed E-state index contributed by atoms with van der Waals surface area (Å²) in [6.45, 7) is 2.19. The summed E-state index contributed by atoms with van der Waals surface area (Å²) in [5.41, 5.74) is 9.69. The molecule has 1 heteroatoms. The lowest BCUT2D eigenvalue weighted by atomic mass is 9.82. The fraction of sp³-hybridized carbons (Fsp3) is 0.0250. The third-order valence-corrected chi connectivity index (χ3v) is 8.32. The van der Waals surface area contributed by atoms with Crippen molar-refractivity contribution in [1.82, 2.24) is 4.98 Å². The minimum atomic E-state index is 1.03. The largest absolute Gasteiger partial charge is 0.256 e. The third-order valence-electron chi connectivity index (χ3n) is 8.32. The molecule has 1 aromatic heterocycles. The SMILES string of the molecule is Cc1ccc2c(-c3cccc4cccnc34)c3ccccc3c(-c3cc4ccccc4cc3-c3ccccc3)c2c1. The van der Waals surface area contributed by atoms with Crippen LogP contribution in [0.25, 0.3) is 76.6 Å². The van der Waals surface area contributed by atoms with Crippen LogP contribution in [0.2, 0.25) is 0 Å². The standard InChI is InChI=1S/C40H27N/c1-26-20-21-33-36(23-26)39(37-25-30-14-6-5-13-29(30)24-35(37)27-11-3-2-4-12-27)32-18-8-7-17-31(32)38(33)34-19-9-15-28-16-10-22-41-40(28)34/h2-25H,1H3. The Morgan fingerprint density at radius 2 is 1.02 bits per heavy atom. The summed E-state index contributed by atoms with van der Waals surface area (Å²) in [7, 11) is 0. The second-order valence-electron chi connectivity index (χ2n) is 10.8. The quantitative estimate of drug-likeness (QED) is 0.211. The van der Waals surface area contributed by atoms with Crippen LogP contribution in [0.5, 0.6) is 0 Å². The van der Waals surface area contributed by atoms with Crippen molar-refractivity contribution in [2.24, 2.45) is 0 Å². The second-order valence-corrected chi connectivity index (χ2v) is 10.8. The van der Waals surface area contributed by atoms with Crippen LogP contribution in [0.4, 0.5) is 0 Å². The van der Waals surface area contributed by atoms with Gasteiger partial charge >= 0.3 is 0 Å². The monoisotopic (exact) mass is 521 g/mol. The maximum Gasteiger partial charge on any atom is 0.0780 e. The highest BCUT2D eigenvalue weighted by Crippen LogP contribution is 2.48. The van der Waals surface area contributed by atoms with Gasteiger partial charge in [0.2, 0.25) is 0 Å². The van der Waals surface area contributed by atoms with Crippen LogP contribution in [0.1, 0.15) is 5.56 Å². The molecule has 0 spiro atoms. The molecule has 8 aromatic rings. The van der Waals surface area contributed by atoms with Gasteiger partial charge in [0.25, 0.3) is 0 Å². The Hall–Kier alpha value is -5.27. The summed E-state index contributed by atoms with van der Waals surface area (Å²) in [5, 5.41) is 8.64. The van der Waals surface area contributed by atoms with Crippen LogP contribution >= 0.6 is 0 Å². The smallest absolute Gasteiger partial charge is 0.0780 e. The van der Waals surface area contributed by atoms with Crippen LogP contribution in [-0.2, 0) is 0 Å². The van der Waals surface area contributed by atoms with E-state index in [1.165, 1.54) is 71.3 Å². The molecule has 0 aliphatic carbocycles. The molecule has 0 fully saturated rings. The van der Waals surface area contributed by atoms with Crippen molar-refractivity contribution in [2.45, 2.75) is 6.92 Å².